The molecule has 0 N–H and O–H groups in total. The molecule has 2 aromatic rings. The summed E-state index contributed by atoms with van der Waals surface area (Å²) in [5.74, 6) is -1.06. The molecule has 0 unspecified atom stereocenters. The lowest BCUT2D eigenvalue weighted by Gasteiger charge is -2.29. The van der Waals surface area contributed by atoms with E-state index in [1.807, 2.05) is 25.1 Å². The molecule has 0 radical (unpaired) electrons. The minimum absolute atomic E-state index is 0.0465. The van der Waals surface area contributed by atoms with E-state index in [4.69, 9.17) is 14.2 Å². The van der Waals surface area contributed by atoms with Gasteiger partial charge >= 0.3 is 18.0 Å². The molecular weight excluding hydrogens is 458 g/mol. The van der Waals surface area contributed by atoms with Gasteiger partial charge in [0, 0.05) is 6.42 Å². The van der Waals surface area contributed by atoms with Gasteiger partial charge in [-0.2, -0.15) is 0 Å². The quantitative estimate of drug-likeness (QED) is 0.391. The zero-order chi connectivity index (χ0) is 26.8. The lowest BCUT2D eigenvalue weighted by atomic mass is 9.95. The second-order valence-corrected chi connectivity index (χ2v) is 11.3. The smallest absolute Gasteiger partial charge is 0.411 e. The fraction of sp³-hybridized carbons (Fsp3) is 0.483. The molecule has 1 aliphatic rings. The lowest BCUT2D eigenvalue weighted by molar-refractivity contribution is -0.160. The van der Waals surface area contributed by atoms with Crippen molar-refractivity contribution in [2.45, 2.75) is 85.2 Å². The van der Waals surface area contributed by atoms with Crippen molar-refractivity contribution in [3.8, 4) is 11.1 Å². The number of nitrogens with zero attached hydrogens (tertiary/aromatic N) is 1. The zero-order valence-electron chi connectivity index (χ0n) is 22.5. The van der Waals surface area contributed by atoms with Gasteiger partial charge in [0.05, 0.1) is 12.1 Å². The Kier molecular flexibility index (Phi) is 7.82. The van der Waals surface area contributed by atoms with Crippen LogP contribution in [0.3, 0.4) is 0 Å². The first-order valence-electron chi connectivity index (χ1n) is 12.2. The molecule has 1 aliphatic heterocycles. The lowest BCUT2D eigenvalue weighted by Crippen LogP contribution is -2.45. The van der Waals surface area contributed by atoms with E-state index in [2.05, 4.69) is 19.1 Å². The molecule has 1 fully saturated rings. The summed E-state index contributed by atoms with van der Waals surface area (Å²) in [6, 6.07) is 12.6. The Morgan fingerprint density at radius 3 is 2.03 bits per heavy atom. The first kappa shape index (κ1) is 27.2. The Balaban J connectivity index is 1.77. The molecule has 0 aromatic heterocycles. The number of rotatable bonds is 4. The predicted octanol–water partition coefficient (Wildman–Crippen LogP) is 5.85. The van der Waals surface area contributed by atoms with Crippen LogP contribution in [0.2, 0.25) is 0 Å². The summed E-state index contributed by atoms with van der Waals surface area (Å²) in [5, 5.41) is 0. The Hall–Kier alpha value is -3.35. The minimum Gasteiger partial charge on any atom is -0.458 e. The fourth-order valence-electron chi connectivity index (χ4n) is 4.19. The van der Waals surface area contributed by atoms with Crippen molar-refractivity contribution in [3.05, 3.63) is 59.2 Å². The number of hydrogen-bond donors (Lipinski definition) is 0. The SMILES string of the molecule is Cc1ccccc1-c1ccc(C(=O)O[C@H]2C[C@@H](C(=O)OC(C)(C)C)N(C(=O)OC(C)(C)C)C2)cc1C. The molecule has 0 aliphatic carbocycles. The van der Waals surface area contributed by atoms with Crippen molar-refractivity contribution in [1.82, 2.24) is 4.90 Å². The molecule has 0 bridgehead atoms. The van der Waals surface area contributed by atoms with Crippen LogP contribution in [-0.4, -0.2) is 52.8 Å². The summed E-state index contributed by atoms with van der Waals surface area (Å²) in [5.41, 5.74) is 3.21. The van der Waals surface area contributed by atoms with Gasteiger partial charge in [-0.05, 0) is 89.8 Å². The molecular formula is C29H37NO6. The zero-order valence-corrected chi connectivity index (χ0v) is 22.5. The molecule has 194 valence electrons. The topological polar surface area (TPSA) is 82.1 Å². The molecule has 3 rings (SSSR count). The second-order valence-electron chi connectivity index (χ2n) is 11.3. The van der Waals surface area contributed by atoms with Gasteiger partial charge in [0.15, 0.2) is 0 Å². The maximum absolute atomic E-state index is 13.0. The summed E-state index contributed by atoms with van der Waals surface area (Å²) >= 11 is 0. The van der Waals surface area contributed by atoms with E-state index in [-0.39, 0.29) is 13.0 Å². The predicted molar refractivity (Wildman–Crippen MR) is 138 cm³/mol. The van der Waals surface area contributed by atoms with E-state index in [1.165, 1.54) is 4.90 Å². The third kappa shape index (κ3) is 6.86. The Bertz CT molecular complexity index is 1110. The van der Waals surface area contributed by atoms with Crippen molar-refractivity contribution >= 4 is 18.0 Å². The molecule has 1 heterocycles. The highest BCUT2D eigenvalue weighted by atomic mass is 16.6. The minimum atomic E-state index is -0.901. The van der Waals surface area contributed by atoms with Crippen molar-refractivity contribution < 1.29 is 28.6 Å². The maximum Gasteiger partial charge on any atom is 0.411 e. The molecule has 1 saturated heterocycles. The number of likely N-dealkylation sites (tertiary alicyclic amines) is 1. The molecule has 2 aromatic carbocycles. The first-order chi connectivity index (χ1) is 16.6. The third-order valence-corrected chi connectivity index (χ3v) is 5.74. The Morgan fingerprint density at radius 2 is 1.44 bits per heavy atom. The van der Waals surface area contributed by atoms with Gasteiger partial charge in [-0.25, -0.2) is 14.4 Å². The van der Waals surface area contributed by atoms with Gasteiger partial charge in [0.2, 0.25) is 0 Å². The number of benzene rings is 2. The number of esters is 2. The second kappa shape index (κ2) is 10.3. The largest absolute Gasteiger partial charge is 0.458 e. The van der Waals surface area contributed by atoms with E-state index in [9.17, 15) is 14.4 Å². The number of carbonyl (C=O) groups is 3. The number of hydrogen-bond acceptors (Lipinski definition) is 6. The summed E-state index contributed by atoms with van der Waals surface area (Å²) in [6.45, 7) is 14.6. The van der Waals surface area contributed by atoms with Gasteiger partial charge in [-0.1, -0.05) is 30.3 Å². The van der Waals surface area contributed by atoms with E-state index in [0.717, 1.165) is 22.3 Å². The summed E-state index contributed by atoms with van der Waals surface area (Å²) in [6.07, 6.45) is -1.17. The van der Waals surface area contributed by atoms with Crippen molar-refractivity contribution in [3.63, 3.8) is 0 Å². The standard InChI is InChI=1S/C29H37NO6/c1-18-11-9-10-12-22(18)23-14-13-20(15-19(23)2)25(31)34-21-16-24(26(32)35-28(3,4)5)30(17-21)27(33)36-29(6,7)8/h9-15,21,24H,16-17H2,1-8H3/t21-,24-/m0/s1. The molecule has 0 saturated carbocycles. The summed E-state index contributed by atoms with van der Waals surface area (Å²) in [7, 11) is 0. The number of ether oxygens (including phenoxy) is 3. The number of carbonyl (C=O) groups excluding carboxylic acids is 3. The third-order valence-electron chi connectivity index (χ3n) is 5.74. The van der Waals surface area contributed by atoms with Crippen LogP contribution in [0.15, 0.2) is 42.5 Å². The molecule has 2 atom stereocenters. The highest BCUT2D eigenvalue weighted by molar-refractivity contribution is 5.91. The average Bonchev–Trinajstić information content (AvgIpc) is 3.16. The van der Waals surface area contributed by atoms with Crippen LogP contribution in [0, 0.1) is 13.8 Å². The van der Waals surface area contributed by atoms with Gasteiger partial charge in [-0.3, -0.25) is 4.90 Å². The summed E-state index contributed by atoms with van der Waals surface area (Å²) < 4.78 is 16.8. The van der Waals surface area contributed by atoms with Gasteiger partial charge < -0.3 is 14.2 Å². The number of aryl methyl sites for hydroxylation is 2. The van der Waals surface area contributed by atoms with Gasteiger partial charge in [0.25, 0.3) is 0 Å². The van der Waals surface area contributed by atoms with E-state index < -0.39 is 41.4 Å². The highest BCUT2D eigenvalue weighted by Crippen LogP contribution is 2.29. The highest BCUT2D eigenvalue weighted by Gasteiger charge is 2.45. The molecule has 7 nitrogen and oxygen atoms in total. The molecule has 7 heteroatoms. The maximum atomic E-state index is 13.0. The van der Waals surface area contributed by atoms with E-state index in [1.54, 1.807) is 53.7 Å². The van der Waals surface area contributed by atoms with Crippen LogP contribution in [0.1, 0.15) is 69.4 Å². The van der Waals surface area contributed by atoms with Crippen LogP contribution in [0.4, 0.5) is 4.79 Å². The van der Waals surface area contributed by atoms with E-state index in [0.29, 0.717) is 5.56 Å². The van der Waals surface area contributed by atoms with Crippen LogP contribution in [0.5, 0.6) is 0 Å². The van der Waals surface area contributed by atoms with Crippen molar-refractivity contribution in [2.24, 2.45) is 0 Å². The van der Waals surface area contributed by atoms with Crippen LogP contribution in [0.25, 0.3) is 11.1 Å². The first-order valence-corrected chi connectivity index (χ1v) is 12.2. The van der Waals surface area contributed by atoms with Crippen LogP contribution >= 0.6 is 0 Å². The summed E-state index contributed by atoms with van der Waals surface area (Å²) in [4.78, 5) is 40.0. The van der Waals surface area contributed by atoms with Gasteiger partial charge in [-0.15, -0.1) is 0 Å². The van der Waals surface area contributed by atoms with Crippen molar-refractivity contribution in [2.75, 3.05) is 6.54 Å². The average molecular weight is 496 g/mol. The molecule has 1 amide bonds. The van der Waals surface area contributed by atoms with Crippen LogP contribution < -0.4 is 0 Å². The normalized spacial score (nSPS) is 18.1. The van der Waals surface area contributed by atoms with Crippen molar-refractivity contribution in [1.29, 1.82) is 0 Å². The van der Waals surface area contributed by atoms with E-state index >= 15 is 0 Å². The molecule has 0 spiro atoms. The Labute approximate surface area is 213 Å². The monoisotopic (exact) mass is 495 g/mol. The molecule has 36 heavy (non-hydrogen) atoms. The van der Waals surface area contributed by atoms with Crippen LogP contribution in [-0.2, 0) is 19.0 Å². The van der Waals surface area contributed by atoms with Gasteiger partial charge in [0.1, 0.15) is 23.3 Å². The number of amides is 1. The Morgan fingerprint density at radius 1 is 0.833 bits per heavy atom. The fourth-order valence-corrected chi connectivity index (χ4v) is 4.19.